The fraction of sp³-hybridized carbons (Fsp3) is 0.231. The van der Waals surface area contributed by atoms with Crippen LogP contribution in [0.5, 0.6) is 5.75 Å². The molecule has 1 heterocycles. The summed E-state index contributed by atoms with van der Waals surface area (Å²) in [5.41, 5.74) is 3.93. The van der Waals surface area contributed by atoms with Gasteiger partial charge in [-0.3, -0.25) is 0 Å². The molecule has 2 rings (SSSR count). The SMILES string of the molecule is Cc1nc(NN)c(C)c(Nc2ccc(OC(F)F)cc2)n1. The Morgan fingerprint density at radius 1 is 1.10 bits per heavy atom. The third-order valence-corrected chi connectivity index (χ3v) is 2.74. The zero-order valence-electron chi connectivity index (χ0n) is 11.5. The smallest absolute Gasteiger partial charge is 0.387 e. The number of nitrogen functional groups attached to an aromatic ring is 1. The van der Waals surface area contributed by atoms with E-state index in [2.05, 4.69) is 25.4 Å². The lowest BCUT2D eigenvalue weighted by atomic mass is 10.2. The van der Waals surface area contributed by atoms with E-state index in [4.69, 9.17) is 5.84 Å². The van der Waals surface area contributed by atoms with Crippen LogP contribution in [0, 0.1) is 13.8 Å². The van der Waals surface area contributed by atoms with Crippen molar-refractivity contribution in [2.24, 2.45) is 5.84 Å². The second-order valence-electron chi connectivity index (χ2n) is 4.27. The second kappa shape index (κ2) is 6.31. The number of hydrogen-bond acceptors (Lipinski definition) is 6. The highest BCUT2D eigenvalue weighted by Gasteiger charge is 2.09. The number of halogens is 2. The van der Waals surface area contributed by atoms with Crippen molar-refractivity contribution in [1.82, 2.24) is 9.97 Å². The monoisotopic (exact) mass is 295 g/mol. The van der Waals surface area contributed by atoms with E-state index >= 15 is 0 Å². The molecule has 0 radical (unpaired) electrons. The standard InChI is InChI=1S/C13H15F2N5O/c1-7-11(17-8(2)18-12(7)20-16)19-9-3-5-10(6-4-9)21-13(14)15/h3-6,13H,16H2,1-2H3,(H2,17,18,19,20). The second-order valence-corrected chi connectivity index (χ2v) is 4.27. The average Bonchev–Trinajstić information content (AvgIpc) is 2.44. The number of nitrogens with one attached hydrogen (secondary N) is 2. The minimum Gasteiger partial charge on any atom is -0.435 e. The maximum absolute atomic E-state index is 12.1. The molecule has 1 aromatic carbocycles. The number of aryl methyl sites for hydroxylation is 1. The van der Waals surface area contributed by atoms with Crippen LogP contribution in [0.1, 0.15) is 11.4 Å². The summed E-state index contributed by atoms with van der Waals surface area (Å²) in [6.07, 6.45) is 0. The van der Waals surface area contributed by atoms with Gasteiger partial charge in [0.05, 0.1) is 0 Å². The molecule has 0 saturated heterocycles. The maximum Gasteiger partial charge on any atom is 0.387 e. The molecule has 0 amide bonds. The Balaban J connectivity index is 2.20. The molecular formula is C13H15F2N5O. The fourth-order valence-corrected chi connectivity index (χ4v) is 1.75. The summed E-state index contributed by atoms with van der Waals surface area (Å²) in [6, 6.07) is 6.12. The van der Waals surface area contributed by atoms with Crippen LogP contribution < -0.4 is 21.3 Å². The quantitative estimate of drug-likeness (QED) is 0.581. The van der Waals surface area contributed by atoms with Crippen LogP contribution in [0.25, 0.3) is 0 Å². The number of rotatable bonds is 5. The first kappa shape index (κ1) is 14.9. The summed E-state index contributed by atoms with van der Waals surface area (Å²) in [7, 11) is 0. The van der Waals surface area contributed by atoms with Crippen LogP contribution in [0.2, 0.25) is 0 Å². The van der Waals surface area contributed by atoms with Gasteiger partial charge in [-0.05, 0) is 38.1 Å². The van der Waals surface area contributed by atoms with Gasteiger partial charge >= 0.3 is 6.61 Å². The van der Waals surface area contributed by atoms with Crippen LogP contribution in [-0.2, 0) is 0 Å². The molecule has 8 heteroatoms. The highest BCUT2D eigenvalue weighted by molar-refractivity contribution is 5.64. The number of nitrogens with two attached hydrogens (primary N) is 1. The van der Waals surface area contributed by atoms with Gasteiger partial charge in [0.2, 0.25) is 0 Å². The number of ether oxygens (including phenoxy) is 1. The Hall–Kier alpha value is -2.48. The molecule has 0 bridgehead atoms. The van der Waals surface area contributed by atoms with Crippen molar-refractivity contribution in [2.45, 2.75) is 20.5 Å². The van der Waals surface area contributed by atoms with Gasteiger partial charge in [0.15, 0.2) is 0 Å². The van der Waals surface area contributed by atoms with Crippen LogP contribution in [0.3, 0.4) is 0 Å². The third-order valence-electron chi connectivity index (χ3n) is 2.74. The lowest BCUT2D eigenvalue weighted by molar-refractivity contribution is -0.0498. The molecular weight excluding hydrogens is 280 g/mol. The highest BCUT2D eigenvalue weighted by atomic mass is 19.3. The lowest BCUT2D eigenvalue weighted by Crippen LogP contribution is -2.13. The predicted octanol–water partition coefficient (Wildman–Crippen LogP) is 2.72. The van der Waals surface area contributed by atoms with Gasteiger partial charge < -0.3 is 15.5 Å². The number of aromatic nitrogens is 2. The number of hydrogen-bond donors (Lipinski definition) is 3. The minimum atomic E-state index is -2.84. The minimum absolute atomic E-state index is 0.0930. The van der Waals surface area contributed by atoms with E-state index in [1.165, 1.54) is 12.1 Å². The maximum atomic E-state index is 12.1. The largest absolute Gasteiger partial charge is 0.435 e. The summed E-state index contributed by atoms with van der Waals surface area (Å²) < 4.78 is 28.4. The van der Waals surface area contributed by atoms with Gasteiger partial charge in [0.25, 0.3) is 0 Å². The van der Waals surface area contributed by atoms with Crippen LogP contribution >= 0.6 is 0 Å². The van der Waals surface area contributed by atoms with Gasteiger partial charge in [-0.1, -0.05) is 0 Å². The first-order valence-electron chi connectivity index (χ1n) is 6.13. The Labute approximate surface area is 120 Å². The first-order valence-corrected chi connectivity index (χ1v) is 6.13. The molecule has 0 aliphatic heterocycles. The van der Waals surface area contributed by atoms with Crippen molar-refractivity contribution in [2.75, 3.05) is 10.7 Å². The number of benzene rings is 1. The Bertz CT molecular complexity index is 619. The summed E-state index contributed by atoms with van der Waals surface area (Å²) in [5.74, 6) is 7.13. The zero-order chi connectivity index (χ0) is 15.4. The number of alkyl halides is 2. The average molecular weight is 295 g/mol. The summed E-state index contributed by atoms with van der Waals surface area (Å²) in [6.45, 7) is 0.713. The molecule has 21 heavy (non-hydrogen) atoms. The lowest BCUT2D eigenvalue weighted by Gasteiger charge is -2.13. The van der Waals surface area contributed by atoms with Crippen molar-refractivity contribution in [3.05, 3.63) is 35.7 Å². The van der Waals surface area contributed by atoms with Gasteiger partial charge in [-0.15, -0.1) is 0 Å². The molecule has 112 valence electrons. The van der Waals surface area contributed by atoms with Gasteiger partial charge in [-0.2, -0.15) is 8.78 Å². The number of hydrazine groups is 1. The topological polar surface area (TPSA) is 85.1 Å². The normalized spacial score (nSPS) is 10.6. The van der Waals surface area contributed by atoms with Crippen molar-refractivity contribution in [3.63, 3.8) is 0 Å². The van der Waals surface area contributed by atoms with Gasteiger partial charge in [0, 0.05) is 11.3 Å². The summed E-state index contributed by atoms with van der Waals surface area (Å²) in [4.78, 5) is 8.43. The Morgan fingerprint density at radius 2 is 1.71 bits per heavy atom. The summed E-state index contributed by atoms with van der Waals surface area (Å²) in [5, 5.41) is 3.08. The van der Waals surface area contributed by atoms with E-state index < -0.39 is 6.61 Å². The van der Waals surface area contributed by atoms with Gasteiger partial charge in [-0.25, -0.2) is 15.8 Å². The van der Waals surface area contributed by atoms with E-state index in [0.717, 1.165) is 5.56 Å². The molecule has 0 aliphatic carbocycles. The van der Waals surface area contributed by atoms with Crippen molar-refractivity contribution < 1.29 is 13.5 Å². The number of nitrogens with zero attached hydrogens (tertiary/aromatic N) is 2. The van der Waals surface area contributed by atoms with E-state index in [0.29, 0.717) is 23.1 Å². The molecule has 6 nitrogen and oxygen atoms in total. The molecule has 0 unspecified atom stereocenters. The van der Waals surface area contributed by atoms with Crippen LogP contribution in [-0.4, -0.2) is 16.6 Å². The molecule has 0 atom stereocenters. The molecule has 4 N–H and O–H groups in total. The Morgan fingerprint density at radius 3 is 2.29 bits per heavy atom. The van der Waals surface area contributed by atoms with Crippen molar-refractivity contribution in [3.8, 4) is 5.75 Å². The molecule has 0 fully saturated rings. The first-order chi connectivity index (χ1) is 9.99. The van der Waals surface area contributed by atoms with Gasteiger partial charge in [0.1, 0.15) is 23.2 Å². The van der Waals surface area contributed by atoms with E-state index in [9.17, 15) is 8.78 Å². The van der Waals surface area contributed by atoms with E-state index in [1.807, 2.05) is 6.92 Å². The van der Waals surface area contributed by atoms with Crippen LogP contribution in [0.4, 0.5) is 26.1 Å². The third kappa shape index (κ3) is 3.76. The summed E-state index contributed by atoms with van der Waals surface area (Å²) >= 11 is 0. The van der Waals surface area contributed by atoms with E-state index in [-0.39, 0.29) is 5.75 Å². The zero-order valence-corrected chi connectivity index (χ0v) is 11.5. The molecule has 0 saturated carbocycles. The van der Waals surface area contributed by atoms with E-state index in [1.54, 1.807) is 19.1 Å². The number of anilines is 3. The molecule has 1 aromatic heterocycles. The predicted molar refractivity (Wildman–Crippen MR) is 75.7 cm³/mol. The molecule has 0 aliphatic rings. The van der Waals surface area contributed by atoms with Crippen molar-refractivity contribution in [1.29, 1.82) is 0 Å². The Kier molecular flexibility index (Phi) is 4.49. The fourth-order valence-electron chi connectivity index (χ4n) is 1.75. The van der Waals surface area contributed by atoms with Crippen LogP contribution in [0.15, 0.2) is 24.3 Å². The molecule has 0 spiro atoms. The molecule has 2 aromatic rings. The van der Waals surface area contributed by atoms with Crippen molar-refractivity contribution >= 4 is 17.3 Å². The highest BCUT2D eigenvalue weighted by Crippen LogP contribution is 2.24.